The van der Waals surface area contributed by atoms with Gasteiger partial charge in [0.05, 0.1) is 31.1 Å². The van der Waals surface area contributed by atoms with Crippen LogP contribution in [0.4, 0.5) is 4.79 Å². The van der Waals surface area contributed by atoms with Crippen LogP contribution >= 0.6 is 11.6 Å². The van der Waals surface area contributed by atoms with E-state index in [9.17, 15) is 14.7 Å². The van der Waals surface area contributed by atoms with Crippen LogP contribution in [0.3, 0.4) is 0 Å². The molecule has 7 rings (SSSR count). The molecule has 57 heavy (non-hydrogen) atoms. The number of cyclic esters (lactones) is 1. The molecule has 0 aromatic heterocycles. The number of methoxy groups -OCH3 is 3. The van der Waals surface area contributed by atoms with Gasteiger partial charge in [0.2, 0.25) is 18.3 Å². The Morgan fingerprint density at radius 3 is 2.25 bits per heavy atom. The molecule has 4 aromatic carbocycles. The maximum absolute atomic E-state index is 14.4. The number of halogens is 1. The van der Waals surface area contributed by atoms with Crippen molar-refractivity contribution in [2.45, 2.75) is 57.0 Å². The van der Waals surface area contributed by atoms with E-state index in [-0.39, 0.29) is 68.5 Å². The van der Waals surface area contributed by atoms with Crippen LogP contribution in [-0.2, 0) is 43.4 Å². The van der Waals surface area contributed by atoms with Gasteiger partial charge in [-0.05, 0) is 41.7 Å². The monoisotopic (exact) mass is 804 g/mol. The van der Waals surface area contributed by atoms with Gasteiger partial charge in [-0.25, -0.2) is 9.59 Å². The molecule has 3 aliphatic rings. The highest BCUT2D eigenvalue weighted by atomic mass is 35.5. The summed E-state index contributed by atoms with van der Waals surface area (Å²) in [5.41, 5.74) is 4.34. The number of hydrogen-bond acceptors (Lipinski definition) is 13. The molecular formula is C42H45ClN2O12. The minimum Gasteiger partial charge on any atom is -0.502 e. The number of nitrogens with zero attached hydrogens (tertiary/aromatic N) is 1. The maximum Gasteiger partial charge on any atom is 0.410 e. The van der Waals surface area contributed by atoms with Gasteiger partial charge >= 0.3 is 12.1 Å². The van der Waals surface area contributed by atoms with E-state index in [1.807, 2.05) is 73.7 Å². The van der Waals surface area contributed by atoms with Crippen molar-refractivity contribution < 1.29 is 57.3 Å². The van der Waals surface area contributed by atoms with E-state index in [1.165, 1.54) is 20.3 Å². The first-order valence-corrected chi connectivity index (χ1v) is 19.0. The number of aryl methyl sites for hydroxylation is 1. The lowest BCUT2D eigenvalue weighted by Crippen LogP contribution is -2.61. The summed E-state index contributed by atoms with van der Waals surface area (Å²) in [6.45, 7) is 1.81. The number of aromatic hydroxyl groups is 1. The van der Waals surface area contributed by atoms with E-state index in [1.54, 1.807) is 12.0 Å². The molecule has 0 unspecified atom stereocenters. The molecule has 14 nitrogen and oxygen atoms in total. The maximum atomic E-state index is 14.4. The number of benzene rings is 4. The van der Waals surface area contributed by atoms with Crippen LogP contribution in [0.25, 0.3) is 0 Å². The Balaban J connectivity index is 1.35. The van der Waals surface area contributed by atoms with Gasteiger partial charge in [-0.2, -0.15) is 0 Å². The fraction of sp³-hybridized carbons (Fsp3) is 0.381. The van der Waals surface area contributed by atoms with Gasteiger partial charge in [0.1, 0.15) is 32.5 Å². The zero-order valence-corrected chi connectivity index (χ0v) is 32.8. The predicted octanol–water partition coefficient (Wildman–Crippen LogP) is 6.11. The van der Waals surface area contributed by atoms with Crippen molar-refractivity contribution in [2.75, 3.05) is 47.2 Å². The molecule has 4 atom stereocenters. The fourth-order valence-electron chi connectivity index (χ4n) is 7.72. The minimum atomic E-state index is -1.18. The van der Waals surface area contributed by atoms with Gasteiger partial charge < -0.3 is 47.7 Å². The van der Waals surface area contributed by atoms with Gasteiger partial charge in [-0.1, -0.05) is 66.7 Å². The molecule has 15 heteroatoms. The average molecular weight is 805 g/mol. The lowest BCUT2D eigenvalue weighted by Gasteiger charge is -2.48. The molecule has 302 valence electrons. The number of alkyl halides is 1. The highest BCUT2D eigenvalue weighted by Crippen LogP contribution is 2.53. The summed E-state index contributed by atoms with van der Waals surface area (Å²) in [6, 6.07) is 19.0. The number of carbonyl (C=O) groups is 2. The predicted molar refractivity (Wildman–Crippen MR) is 206 cm³/mol. The van der Waals surface area contributed by atoms with E-state index in [0.29, 0.717) is 22.6 Å². The number of phenols is 1. The number of esters is 1. The molecule has 1 fully saturated rings. The van der Waals surface area contributed by atoms with Gasteiger partial charge in [0.25, 0.3) is 0 Å². The summed E-state index contributed by atoms with van der Waals surface area (Å²) < 4.78 is 53.5. The molecule has 0 bridgehead atoms. The van der Waals surface area contributed by atoms with Gasteiger partial charge in [0.15, 0.2) is 29.3 Å². The Morgan fingerprint density at radius 2 is 1.60 bits per heavy atom. The number of amides is 1. The van der Waals surface area contributed by atoms with E-state index < -0.39 is 42.5 Å². The van der Waals surface area contributed by atoms with Crippen LogP contribution in [0.15, 0.2) is 72.8 Å². The number of hydrogen-bond donors (Lipinski definition) is 2. The third kappa shape index (κ3) is 8.08. The molecule has 0 radical (unpaired) electrons. The normalized spacial score (nSPS) is 19.8. The highest BCUT2D eigenvalue weighted by Gasteiger charge is 2.51. The molecule has 4 aromatic rings. The Morgan fingerprint density at radius 1 is 0.930 bits per heavy atom. The third-order valence-electron chi connectivity index (χ3n) is 10.2. The van der Waals surface area contributed by atoms with E-state index in [0.717, 1.165) is 22.3 Å². The summed E-state index contributed by atoms with van der Waals surface area (Å²) in [5.74, 6) is 0.309. The number of morpholine rings is 1. The molecular weight excluding hydrogens is 760 g/mol. The van der Waals surface area contributed by atoms with Crippen LogP contribution < -0.4 is 29.0 Å². The van der Waals surface area contributed by atoms with Gasteiger partial charge in [-0.3, -0.25) is 10.2 Å². The molecule has 2 N–H and O–H groups in total. The minimum absolute atomic E-state index is 0.0291. The first-order chi connectivity index (χ1) is 27.8. The van der Waals surface area contributed by atoms with Crippen molar-refractivity contribution >= 4 is 23.7 Å². The average Bonchev–Trinajstić information content (AvgIpc) is 3.73. The fourth-order valence-corrected chi connectivity index (χ4v) is 7.80. The third-order valence-corrected chi connectivity index (χ3v) is 10.4. The number of rotatable bonds is 14. The Kier molecular flexibility index (Phi) is 12.4. The van der Waals surface area contributed by atoms with E-state index >= 15 is 0 Å². The number of carbonyl (C=O) groups excluding carboxylic acids is 2. The zero-order valence-electron chi connectivity index (χ0n) is 32.0. The Hall–Kier alpha value is -5.41. The quantitative estimate of drug-likeness (QED) is 0.0857. The molecule has 0 saturated carbocycles. The molecule has 0 spiro atoms. The van der Waals surface area contributed by atoms with Crippen molar-refractivity contribution in [3.8, 4) is 34.5 Å². The van der Waals surface area contributed by atoms with Crippen LogP contribution in [-0.4, -0.2) is 87.7 Å². The number of ether oxygens (including phenoxy) is 9. The largest absolute Gasteiger partial charge is 0.502 e. The highest BCUT2D eigenvalue weighted by molar-refractivity contribution is 6.18. The second kappa shape index (κ2) is 17.8. The molecule has 1 amide bonds. The molecule has 0 aliphatic carbocycles. The van der Waals surface area contributed by atoms with E-state index in [2.05, 4.69) is 5.32 Å². The van der Waals surface area contributed by atoms with Crippen LogP contribution in [0, 0.1) is 6.92 Å². The molecule has 1 saturated heterocycles. The lowest BCUT2D eigenvalue weighted by atomic mass is 9.82. The summed E-state index contributed by atoms with van der Waals surface area (Å²) >= 11 is 6.01. The van der Waals surface area contributed by atoms with Crippen molar-refractivity contribution in [1.29, 1.82) is 0 Å². The number of phenolic OH excluding ortho intramolecular Hbond substituents is 1. The molecule has 3 aliphatic heterocycles. The summed E-state index contributed by atoms with van der Waals surface area (Å²) in [7, 11) is 4.55. The number of fused-ring (bicyclic) bond motifs is 2. The Bertz CT molecular complexity index is 2050. The summed E-state index contributed by atoms with van der Waals surface area (Å²) in [6.07, 6.45) is -1.30. The Labute approximate surface area is 335 Å². The van der Waals surface area contributed by atoms with E-state index in [4.69, 9.17) is 54.2 Å². The van der Waals surface area contributed by atoms with Crippen molar-refractivity contribution in [3.05, 3.63) is 106 Å². The second-order valence-corrected chi connectivity index (χ2v) is 14.0. The van der Waals surface area contributed by atoms with Gasteiger partial charge in [-0.15, -0.1) is 11.6 Å². The van der Waals surface area contributed by atoms with Crippen molar-refractivity contribution in [1.82, 2.24) is 10.2 Å². The van der Waals surface area contributed by atoms with Crippen molar-refractivity contribution in [3.63, 3.8) is 0 Å². The van der Waals surface area contributed by atoms with Crippen molar-refractivity contribution in [2.24, 2.45) is 0 Å². The summed E-state index contributed by atoms with van der Waals surface area (Å²) in [5, 5.41) is 14.7. The van der Waals surface area contributed by atoms with Crippen LogP contribution in [0.1, 0.15) is 45.5 Å². The lowest BCUT2D eigenvalue weighted by molar-refractivity contribution is -0.161. The zero-order chi connectivity index (χ0) is 40.1. The van der Waals surface area contributed by atoms with Crippen LogP contribution in [0.5, 0.6) is 34.5 Å². The smallest absolute Gasteiger partial charge is 0.410 e. The summed E-state index contributed by atoms with van der Waals surface area (Å²) in [4.78, 5) is 29.8. The first-order valence-electron chi connectivity index (χ1n) is 18.5. The SMILES string of the molecule is COc1c(C)cc2c(c1OCc1ccccc1)[C@H]([C@@H]1COC(=O)[C@@H](c3cc(OCc4ccccc4)c(O)c4c3OCO4)N1)N(C(=O)OCCCl)[C@H](C(OC)OC)C2. The number of nitrogens with one attached hydrogen (secondary N) is 1. The topological polar surface area (TPSA) is 153 Å². The second-order valence-electron chi connectivity index (χ2n) is 13.7. The standard InChI is InChI=1S/C42H45ClN2O12/c1-24-17-27-18-30(41(50-3)51-4)45(42(48)52-16-15-43)34(32(27)38(36(24)49-2)54-21-26-13-9-6-10-14-26)29-22-55-40(47)33(44-29)28-19-31(35(46)39-37(28)56-23-57-39)53-20-25-11-7-5-8-12-25/h5-14,17,19,29-30,33-34,41,44,46H,15-16,18,20-23H2,1-4H3/t29-,30-,33+,34-/m0/s1. The first kappa shape index (κ1) is 39.8. The van der Waals surface area contributed by atoms with Gasteiger partial charge in [0, 0.05) is 25.3 Å². The molecule has 3 heterocycles. The van der Waals surface area contributed by atoms with Crippen LogP contribution in [0.2, 0.25) is 0 Å².